The summed E-state index contributed by atoms with van der Waals surface area (Å²) < 4.78 is 16.7. The zero-order chi connectivity index (χ0) is 10.1. The molecule has 0 aliphatic heterocycles. The van der Waals surface area contributed by atoms with E-state index in [9.17, 15) is 4.21 Å². The number of ether oxygens (including phenoxy) is 1. The highest BCUT2D eigenvalue weighted by Gasteiger charge is 2.24. The van der Waals surface area contributed by atoms with Crippen molar-refractivity contribution < 1.29 is 8.95 Å². The summed E-state index contributed by atoms with van der Waals surface area (Å²) in [5, 5.41) is 5.99. The van der Waals surface area contributed by atoms with Crippen molar-refractivity contribution in [1.29, 1.82) is 0 Å². The highest BCUT2D eigenvalue weighted by Crippen LogP contribution is 2.28. The second-order valence-corrected chi connectivity index (χ2v) is 5.32. The van der Waals surface area contributed by atoms with E-state index in [4.69, 9.17) is 9.88 Å². The molecule has 4 nitrogen and oxygen atoms in total. The molecule has 0 saturated heterocycles. The molecule has 1 aromatic heterocycles. The van der Waals surface area contributed by atoms with Gasteiger partial charge in [-0.2, -0.15) is 0 Å². The van der Waals surface area contributed by atoms with Crippen molar-refractivity contribution in [2.45, 2.75) is 23.7 Å². The largest absolute Gasteiger partial charge is 0.372 e. The molecule has 0 spiro atoms. The zero-order valence-electron chi connectivity index (χ0n) is 7.73. The number of rotatable bonds is 3. The van der Waals surface area contributed by atoms with E-state index in [2.05, 4.69) is 4.98 Å². The van der Waals surface area contributed by atoms with E-state index in [1.807, 2.05) is 13.8 Å². The van der Waals surface area contributed by atoms with Gasteiger partial charge in [0.05, 0.1) is 6.20 Å². The summed E-state index contributed by atoms with van der Waals surface area (Å²) in [6.07, 6.45) is 1.52. The van der Waals surface area contributed by atoms with Gasteiger partial charge in [0.1, 0.15) is 25.8 Å². The predicted octanol–water partition coefficient (Wildman–Crippen LogP) is 1.01. The van der Waals surface area contributed by atoms with Crippen LogP contribution < -0.4 is 5.14 Å². The molecule has 0 saturated carbocycles. The lowest BCUT2D eigenvalue weighted by atomic mass is 10.1. The van der Waals surface area contributed by atoms with Gasteiger partial charge in [-0.15, -0.1) is 11.3 Å². The molecule has 1 aromatic rings. The molecule has 0 aliphatic rings. The molecular formula is C7H12N2O2S2. The van der Waals surface area contributed by atoms with Gasteiger partial charge >= 0.3 is 0 Å². The van der Waals surface area contributed by atoms with E-state index in [1.54, 1.807) is 7.11 Å². The van der Waals surface area contributed by atoms with Crippen LogP contribution in [0.15, 0.2) is 10.4 Å². The van der Waals surface area contributed by atoms with Gasteiger partial charge in [-0.25, -0.2) is 14.3 Å². The number of methoxy groups -OCH3 is 1. The van der Waals surface area contributed by atoms with E-state index in [-0.39, 0.29) is 0 Å². The Morgan fingerprint density at radius 3 is 2.69 bits per heavy atom. The summed E-state index contributed by atoms with van der Waals surface area (Å²) in [7, 11) is 0.167. The maximum Gasteiger partial charge on any atom is 0.134 e. The second kappa shape index (κ2) is 3.83. The van der Waals surface area contributed by atoms with Crippen LogP contribution >= 0.6 is 11.3 Å². The van der Waals surface area contributed by atoms with Crippen molar-refractivity contribution in [3.05, 3.63) is 11.2 Å². The molecular weight excluding hydrogens is 208 g/mol. The number of nitrogens with two attached hydrogens (primary N) is 1. The smallest absolute Gasteiger partial charge is 0.134 e. The Labute approximate surface area is 83.7 Å². The third-order valence-corrected chi connectivity index (χ3v) is 4.05. The van der Waals surface area contributed by atoms with Crippen LogP contribution in [0.3, 0.4) is 0 Å². The molecule has 13 heavy (non-hydrogen) atoms. The van der Waals surface area contributed by atoms with Gasteiger partial charge in [-0.05, 0) is 13.8 Å². The number of thiazole rings is 1. The number of aromatic nitrogens is 1. The third-order valence-electron chi connectivity index (χ3n) is 1.71. The highest BCUT2D eigenvalue weighted by molar-refractivity contribution is 7.85. The Kier molecular flexibility index (Phi) is 3.18. The van der Waals surface area contributed by atoms with Gasteiger partial charge in [0.25, 0.3) is 0 Å². The summed E-state index contributed by atoms with van der Waals surface area (Å²) in [5.74, 6) is 0. The lowest BCUT2D eigenvalue weighted by molar-refractivity contribution is 0.0190. The quantitative estimate of drug-likeness (QED) is 0.826. The van der Waals surface area contributed by atoms with Crippen molar-refractivity contribution in [2.75, 3.05) is 7.11 Å². The molecule has 0 aromatic carbocycles. The van der Waals surface area contributed by atoms with Crippen LogP contribution in [0.25, 0.3) is 0 Å². The molecule has 1 rings (SSSR count). The van der Waals surface area contributed by atoms with E-state index in [0.29, 0.717) is 4.21 Å². The molecule has 74 valence electrons. The van der Waals surface area contributed by atoms with Crippen LogP contribution in [0.4, 0.5) is 0 Å². The van der Waals surface area contributed by atoms with Gasteiger partial charge in [0.15, 0.2) is 0 Å². The van der Waals surface area contributed by atoms with Gasteiger partial charge in [-0.3, -0.25) is 0 Å². The maximum atomic E-state index is 10.9. The van der Waals surface area contributed by atoms with Crippen LogP contribution in [0.2, 0.25) is 0 Å². The third kappa shape index (κ3) is 2.34. The van der Waals surface area contributed by atoms with Gasteiger partial charge in [0.2, 0.25) is 0 Å². The predicted molar refractivity (Wildman–Crippen MR) is 52.7 cm³/mol. The first kappa shape index (κ1) is 10.8. The molecule has 0 fully saturated rings. The average Bonchev–Trinajstić information content (AvgIpc) is 2.52. The fourth-order valence-corrected chi connectivity index (χ4v) is 2.17. The highest BCUT2D eigenvalue weighted by atomic mass is 32.2. The average molecular weight is 220 g/mol. The molecule has 2 N–H and O–H groups in total. The topological polar surface area (TPSA) is 65.2 Å². The SMILES string of the molecule is COC(C)(C)c1ncc(S(N)=O)s1. The van der Waals surface area contributed by atoms with Gasteiger partial charge in [-0.1, -0.05) is 0 Å². The van der Waals surface area contributed by atoms with E-state index >= 15 is 0 Å². The monoisotopic (exact) mass is 220 g/mol. The Hall–Kier alpha value is -0.300. The standard InChI is InChI=1S/C7H12N2O2S2/c1-7(2,11-3)6-9-4-5(12-6)13(8)10/h4H,8H2,1-3H3. The lowest BCUT2D eigenvalue weighted by Crippen LogP contribution is -2.18. The molecule has 0 aliphatic carbocycles. The Morgan fingerprint density at radius 2 is 2.31 bits per heavy atom. The summed E-state index contributed by atoms with van der Waals surface area (Å²) in [5.41, 5.74) is -0.442. The minimum Gasteiger partial charge on any atom is -0.372 e. The first-order chi connectivity index (χ1) is 5.97. The molecule has 1 unspecified atom stereocenters. The molecule has 6 heteroatoms. The van der Waals surface area contributed by atoms with Crippen molar-refractivity contribution in [3.8, 4) is 0 Å². The molecule has 1 atom stereocenters. The van der Waals surface area contributed by atoms with Crippen LogP contribution in [0.1, 0.15) is 18.9 Å². The van der Waals surface area contributed by atoms with E-state index in [1.165, 1.54) is 17.5 Å². The summed E-state index contributed by atoms with van der Waals surface area (Å²) in [6, 6.07) is 0. The van der Waals surface area contributed by atoms with Gasteiger partial charge < -0.3 is 4.74 Å². The minimum atomic E-state index is -1.44. The summed E-state index contributed by atoms with van der Waals surface area (Å²) >= 11 is 1.31. The van der Waals surface area contributed by atoms with Crippen LogP contribution in [-0.2, 0) is 21.3 Å². The Bertz CT molecular complexity index is 322. The second-order valence-electron chi connectivity index (χ2n) is 3.00. The lowest BCUT2D eigenvalue weighted by Gasteiger charge is -2.19. The van der Waals surface area contributed by atoms with Crippen molar-refractivity contribution in [1.82, 2.24) is 4.98 Å². The molecule has 1 heterocycles. The van der Waals surface area contributed by atoms with Crippen LogP contribution in [0.5, 0.6) is 0 Å². The number of hydrogen-bond donors (Lipinski definition) is 1. The normalized spacial score (nSPS) is 14.5. The Balaban J connectivity index is 2.98. The van der Waals surface area contributed by atoms with E-state index in [0.717, 1.165) is 5.01 Å². The minimum absolute atomic E-state index is 0.442. The van der Waals surface area contributed by atoms with Crippen molar-refractivity contribution >= 4 is 22.3 Å². The molecule has 0 bridgehead atoms. The van der Waals surface area contributed by atoms with Crippen molar-refractivity contribution in [2.24, 2.45) is 5.14 Å². The van der Waals surface area contributed by atoms with Gasteiger partial charge in [0, 0.05) is 7.11 Å². The fourth-order valence-electron chi connectivity index (χ4n) is 0.718. The zero-order valence-corrected chi connectivity index (χ0v) is 9.37. The fraction of sp³-hybridized carbons (Fsp3) is 0.571. The van der Waals surface area contributed by atoms with Crippen molar-refractivity contribution in [3.63, 3.8) is 0 Å². The van der Waals surface area contributed by atoms with Crippen LogP contribution in [0, 0.1) is 0 Å². The molecule has 0 amide bonds. The molecule has 0 radical (unpaired) electrons. The Morgan fingerprint density at radius 1 is 1.69 bits per heavy atom. The summed E-state index contributed by atoms with van der Waals surface area (Å²) in [6.45, 7) is 3.80. The van der Waals surface area contributed by atoms with Crippen LogP contribution in [-0.4, -0.2) is 16.3 Å². The summed E-state index contributed by atoms with van der Waals surface area (Å²) in [4.78, 5) is 4.10. The maximum absolute atomic E-state index is 10.9. The number of hydrogen-bond acceptors (Lipinski definition) is 4. The first-order valence-electron chi connectivity index (χ1n) is 3.65. The first-order valence-corrected chi connectivity index (χ1v) is 5.68. The van der Waals surface area contributed by atoms with E-state index < -0.39 is 16.6 Å². The number of nitrogens with zero attached hydrogens (tertiary/aromatic N) is 1.